The van der Waals surface area contributed by atoms with Crippen LogP contribution in [0, 0.1) is 0 Å². The van der Waals surface area contributed by atoms with Crippen LogP contribution < -0.4 is 27.4 Å². The van der Waals surface area contributed by atoms with Gasteiger partial charge in [-0.3, -0.25) is 28.8 Å². The standard InChI is InChI=1S/C16H27N5O8S/c1-7(16(28)29)19-15(27)10(6-11(18)22)21-14(26)9(3-4-30-2)20-13(25)8(17)5-12(23)24/h7-10H,3-6,17H2,1-2H3,(H2,18,22)(H,19,27)(H,20,25)(H,21,26)(H,23,24)(H,28,29). The Morgan fingerprint density at radius 1 is 0.900 bits per heavy atom. The van der Waals surface area contributed by atoms with Crippen molar-refractivity contribution in [3.63, 3.8) is 0 Å². The van der Waals surface area contributed by atoms with Crippen LogP contribution in [0.2, 0.25) is 0 Å². The number of carboxylic acid groups (broad SMARTS) is 2. The van der Waals surface area contributed by atoms with Crippen molar-refractivity contribution >= 4 is 47.3 Å². The summed E-state index contributed by atoms with van der Waals surface area (Å²) in [6.45, 7) is 1.19. The first-order chi connectivity index (χ1) is 13.9. The lowest BCUT2D eigenvalue weighted by molar-refractivity contribution is -0.142. The fourth-order valence-corrected chi connectivity index (χ4v) is 2.59. The molecule has 14 heteroatoms. The van der Waals surface area contributed by atoms with Crippen molar-refractivity contribution in [2.45, 2.75) is 50.4 Å². The molecular formula is C16H27N5O8S. The Morgan fingerprint density at radius 3 is 1.90 bits per heavy atom. The molecule has 4 atom stereocenters. The molecular weight excluding hydrogens is 422 g/mol. The van der Waals surface area contributed by atoms with Crippen LogP contribution in [-0.4, -0.2) is 82.0 Å². The lowest BCUT2D eigenvalue weighted by Crippen LogP contribution is -2.57. The molecule has 4 amide bonds. The smallest absolute Gasteiger partial charge is 0.325 e. The van der Waals surface area contributed by atoms with Gasteiger partial charge < -0.3 is 37.6 Å². The Labute approximate surface area is 176 Å². The fourth-order valence-electron chi connectivity index (χ4n) is 2.12. The number of carbonyl (C=O) groups excluding carboxylic acids is 4. The summed E-state index contributed by atoms with van der Waals surface area (Å²) in [5, 5.41) is 24.3. The maximum absolute atomic E-state index is 12.6. The van der Waals surface area contributed by atoms with Crippen molar-refractivity contribution in [2.24, 2.45) is 11.5 Å². The van der Waals surface area contributed by atoms with Gasteiger partial charge in [0.05, 0.1) is 18.9 Å². The van der Waals surface area contributed by atoms with E-state index in [1.54, 1.807) is 6.26 Å². The predicted molar refractivity (Wildman–Crippen MR) is 106 cm³/mol. The molecule has 0 bridgehead atoms. The molecule has 0 aliphatic heterocycles. The summed E-state index contributed by atoms with van der Waals surface area (Å²) in [4.78, 5) is 69.8. The molecule has 4 unspecified atom stereocenters. The van der Waals surface area contributed by atoms with E-state index in [1.807, 2.05) is 0 Å². The molecule has 0 saturated carbocycles. The number of amides is 4. The van der Waals surface area contributed by atoms with E-state index in [2.05, 4.69) is 16.0 Å². The maximum Gasteiger partial charge on any atom is 0.325 e. The number of hydrogen-bond donors (Lipinski definition) is 7. The number of carboxylic acids is 2. The number of rotatable bonds is 14. The number of hydrogen-bond acceptors (Lipinski definition) is 8. The zero-order valence-corrected chi connectivity index (χ0v) is 17.4. The molecule has 0 fully saturated rings. The van der Waals surface area contributed by atoms with Crippen molar-refractivity contribution in [2.75, 3.05) is 12.0 Å². The predicted octanol–water partition coefficient (Wildman–Crippen LogP) is -3.02. The fraction of sp³-hybridized carbons (Fsp3) is 0.625. The largest absolute Gasteiger partial charge is 0.481 e. The minimum Gasteiger partial charge on any atom is -0.481 e. The van der Waals surface area contributed by atoms with Gasteiger partial charge in [0.25, 0.3) is 0 Å². The van der Waals surface area contributed by atoms with Crippen LogP contribution in [0.1, 0.15) is 26.2 Å². The third kappa shape index (κ3) is 10.6. The number of primary amides is 1. The first-order valence-electron chi connectivity index (χ1n) is 8.77. The van der Waals surface area contributed by atoms with E-state index >= 15 is 0 Å². The summed E-state index contributed by atoms with van der Waals surface area (Å²) < 4.78 is 0. The Balaban J connectivity index is 5.33. The molecule has 0 heterocycles. The van der Waals surface area contributed by atoms with E-state index in [-0.39, 0.29) is 6.42 Å². The minimum atomic E-state index is -1.47. The van der Waals surface area contributed by atoms with E-state index in [0.29, 0.717) is 5.75 Å². The van der Waals surface area contributed by atoms with Crippen LogP contribution in [-0.2, 0) is 28.8 Å². The first kappa shape index (κ1) is 27.1. The van der Waals surface area contributed by atoms with Crippen LogP contribution in [0.25, 0.3) is 0 Å². The molecule has 0 aliphatic rings. The van der Waals surface area contributed by atoms with Gasteiger partial charge in [-0.2, -0.15) is 11.8 Å². The molecule has 0 aromatic heterocycles. The van der Waals surface area contributed by atoms with Gasteiger partial charge in [0.1, 0.15) is 18.1 Å². The van der Waals surface area contributed by atoms with E-state index in [4.69, 9.17) is 21.7 Å². The number of nitrogens with one attached hydrogen (secondary N) is 3. The highest BCUT2D eigenvalue weighted by Crippen LogP contribution is 2.04. The summed E-state index contributed by atoms with van der Waals surface area (Å²) in [5.41, 5.74) is 10.6. The van der Waals surface area contributed by atoms with Gasteiger partial charge in [-0.05, 0) is 25.4 Å². The van der Waals surface area contributed by atoms with Crippen LogP contribution in [0.15, 0.2) is 0 Å². The van der Waals surface area contributed by atoms with E-state index in [9.17, 15) is 28.8 Å². The second-order valence-corrected chi connectivity index (χ2v) is 7.33. The van der Waals surface area contributed by atoms with Gasteiger partial charge in [0.15, 0.2) is 0 Å². The zero-order valence-electron chi connectivity index (χ0n) is 16.5. The average Bonchev–Trinajstić information content (AvgIpc) is 2.62. The Kier molecular flexibility index (Phi) is 12.1. The number of thioether (sulfide) groups is 1. The maximum atomic E-state index is 12.6. The Bertz CT molecular complexity index is 674. The SMILES string of the molecule is CSCCC(NC(=O)C(N)CC(=O)O)C(=O)NC(CC(N)=O)C(=O)NC(C)C(=O)O. The molecule has 0 radical (unpaired) electrons. The lowest BCUT2D eigenvalue weighted by Gasteiger charge is -2.24. The topological polar surface area (TPSA) is 231 Å². The summed E-state index contributed by atoms with van der Waals surface area (Å²) in [5.74, 6) is -5.80. The molecule has 0 saturated heterocycles. The van der Waals surface area contributed by atoms with Crippen molar-refractivity contribution in [3.8, 4) is 0 Å². The van der Waals surface area contributed by atoms with Crippen LogP contribution in [0.5, 0.6) is 0 Å². The van der Waals surface area contributed by atoms with Gasteiger partial charge >= 0.3 is 11.9 Å². The second-order valence-electron chi connectivity index (χ2n) is 6.35. The molecule has 0 aromatic carbocycles. The molecule has 30 heavy (non-hydrogen) atoms. The van der Waals surface area contributed by atoms with E-state index in [1.165, 1.54) is 18.7 Å². The van der Waals surface area contributed by atoms with Gasteiger partial charge in [-0.25, -0.2) is 0 Å². The second kappa shape index (κ2) is 13.4. The molecule has 170 valence electrons. The molecule has 0 aromatic rings. The monoisotopic (exact) mass is 449 g/mol. The summed E-state index contributed by atoms with van der Waals surface area (Å²) in [6.07, 6.45) is 0.618. The quantitative estimate of drug-likeness (QED) is 0.142. The molecule has 0 rings (SSSR count). The van der Waals surface area contributed by atoms with Crippen LogP contribution >= 0.6 is 11.8 Å². The third-order valence-corrected chi connectivity index (χ3v) is 4.39. The van der Waals surface area contributed by atoms with Gasteiger partial charge in [0, 0.05) is 0 Å². The Hall–Kier alpha value is -2.87. The number of aliphatic carboxylic acids is 2. The van der Waals surface area contributed by atoms with Crippen LogP contribution in [0.4, 0.5) is 0 Å². The molecule has 9 N–H and O–H groups in total. The summed E-state index contributed by atoms with van der Waals surface area (Å²) in [7, 11) is 0. The minimum absolute atomic E-state index is 0.120. The van der Waals surface area contributed by atoms with Crippen molar-refractivity contribution < 1.29 is 39.0 Å². The summed E-state index contributed by atoms with van der Waals surface area (Å²) >= 11 is 1.37. The van der Waals surface area contributed by atoms with Crippen molar-refractivity contribution in [1.29, 1.82) is 0 Å². The van der Waals surface area contributed by atoms with Gasteiger partial charge in [-0.1, -0.05) is 0 Å². The lowest BCUT2D eigenvalue weighted by atomic mass is 10.1. The number of carbonyl (C=O) groups is 6. The number of nitrogens with two attached hydrogens (primary N) is 2. The third-order valence-electron chi connectivity index (χ3n) is 3.74. The average molecular weight is 449 g/mol. The van der Waals surface area contributed by atoms with E-state index < -0.39 is 72.6 Å². The molecule has 0 aliphatic carbocycles. The van der Waals surface area contributed by atoms with Gasteiger partial charge in [0.2, 0.25) is 23.6 Å². The highest BCUT2D eigenvalue weighted by Gasteiger charge is 2.30. The zero-order chi connectivity index (χ0) is 23.4. The Morgan fingerprint density at radius 2 is 1.43 bits per heavy atom. The highest BCUT2D eigenvalue weighted by molar-refractivity contribution is 7.98. The van der Waals surface area contributed by atoms with Crippen molar-refractivity contribution in [1.82, 2.24) is 16.0 Å². The highest BCUT2D eigenvalue weighted by atomic mass is 32.2. The van der Waals surface area contributed by atoms with E-state index in [0.717, 1.165) is 0 Å². The summed E-state index contributed by atoms with van der Waals surface area (Å²) in [6, 6.07) is -5.33. The molecule has 0 spiro atoms. The first-order valence-corrected chi connectivity index (χ1v) is 10.2. The van der Waals surface area contributed by atoms with Crippen LogP contribution in [0.3, 0.4) is 0 Å². The van der Waals surface area contributed by atoms with Crippen molar-refractivity contribution in [3.05, 3.63) is 0 Å². The molecule has 13 nitrogen and oxygen atoms in total. The normalized spacial score (nSPS) is 14.5. The van der Waals surface area contributed by atoms with Gasteiger partial charge in [-0.15, -0.1) is 0 Å².